The first-order chi connectivity index (χ1) is 12.7. The minimum atomic E-state index is 0.702. The van der Waals surface area contributed by atoms with Crippen molar-refractivity contribution in [3.05, 3.63) is 72.3 Å². The van der Waals surface area contributed by atoms with Crippen LogP contribution in [0.4, 0.5) is 11.5 Å². The number of rotatable bonds is 3. The molecule has 2 aromatic heterocycles. The highest BCUT2D eigenvalue weighted by atomic mass is 15.2. The number of hydrogen-bond acceptors (Lipinski definition) is 4. The Hall–Kier alpha value is -3.21. The van der Waals surface area contributed by atoms with E-state index >= 15 is 0 Å². The average molecular weight is 345 g/mol. The lowest BCUT2D eigenvalue weighted by molar-refractivity contribution is 0.943. The van der Waals surface area contributed by atoms with E-state index in [0.717, 1.165) is 28.4 Å². The minimum absolute atomic E-state index is 0.702. The quantitative estimate of drug-likeness (QED) is 0.554. The normalized spacial score (nSPS) is 10.3. The molecule has 132 valence electrons. The molecule has 26 heavy (non-hydrogen) atoms. The molecule has 0 atom stereocenters. The summed E-state index contributed by atoms with van der Waals surface area (Å²) in [7, 11) is 0. The first-order valence-corrected chi connectivity index (χ1v) is 8.81. The topological polar surface area (TPSA) is 55.6 Å². The zero-order valence-electron chi connectivity index (χ0n) is 15.6. The van der Waals surface area contributed by atoms with Gasteiger partial charge in [0.05, 0.1) is 23.4 Å². The van der Waals surface area contributed by atoms with Crippen molar-refractivity contribution in [2.45, 2.75) is 27.7 Å². The fourth-order valence-corrected chi connectivity index (χ4v) is 2.74. The second kappa shape index (κ2) is 7.78. The van der Waals surface area contributed by atoms with Crippen LogP contribution in [-0.2, 0) is 0 Å². The van der Waals surface area contributed by atoms with E-state index in [2.05, 4.69) is 34.3 Å². The van der Waals surface area contributed by atoms with Crippen LogP contribution in [0, 0.1) is 13.8 Å². The highest BCUT2D eigenvalue weighted by Crippen LogP contribution is 2.21. The maximum Gasteiger partial charge on any atom is 0.159 e. The summed E-state index contributed by atoms with van der Waals surface area (Å²) in [6.07, 6.45) is 3.47. The smallest absolute Gasteiger partial charge is 0.159 e. The summed E-state index contributed by atoms with van der Waals surface area (Å²) in [4.78, 5) is 13.6. The van der Waals surface area contributed by atoms with Crippen LogP contribution >= 0.6 is 0 Å². The number of anilines is 2. The standard InChI is InChI=1S/C19H17N5.C2H6/c1-13-7-9-15(10-8-13)22-18-11-20-12-19(23-18)24-14(2)21-16-5-3-4-6-17(16)24;1-2/h3-12H,1-2H3,(H,22,23);1-2H3. The maximum absolute atomic E-state index is 4.69. The molecule has 2 heterocycles. The van der Waals surface area contributed by atoms with Gasteiger partial charge in [0, 0.05) is 5.69 Å². The van der Waals surface area contributed by atoms with Crippen LogP contribution in [0.2, 0.25) is 0 Å². The van der Waals surface area contributed by atoms with Crippen molar-refractivity contribution in [2.75, 3.05) is 5.32 Å². The Morgan fingerprint density at radius 2 is 1.58 bits per heavy atom. The fourth-order valence-electron chi connectivity index (χ4n) is 2.74. The molecule has 5 heteroatoms. The number of fused-ring (bicyclic) bond motifs is 1. The molecule has 2 aromatic carbocycles. The van der Waals surface area contributed by atoms with Gasteiger partial charge >= 0.3 is 0 Å². The molecule has 0 radical (unpaired) electrons. The summed E-state index contributed by atoms with van der Waals surface area (Å²) in [5.41, 5.74) is 4.19. The Labute approximate surface area is 153 Å². The predicted octanol–water partition coefficient (Wildman–Crippen LogP) is 5.20. The third-order valence-electron chi connectivity index (χ3n) is 3.90. The molecular weight excluding hydrogens is 322 g/mol. The third-order valence-corrected chi connectivity index (χ3v) is 3.90. The lowest BCUT2D eigenvalue weighted by atomic mass is 10.2. The summed E-state index contributed by atoms with van der Waals surface area (Å²) >= 11 is 0. The van der Waals surface area contributed by atoms with E-state index in [-0.39, 0.29) is 0 Å². The van der Waals surface area contributed by atoms with E-state index in [4.69, 9.17) is 4.98 Å². The van der Waals surface area contributed by atoms with Gasteiger partial charge < -0.3 is 5.32 Å². The second-order valence-corrected chi connectivity index (χ2v) is 5.74. The molecule has 4 rings (SSSR count). The highest BCUT2D eigenvalue weighted by Gasteiger charge is 2.10. The monoisotopic (exact) mass is 345 g/mol. The van der Waals surface area contributed by atoms with Crippen molar-refractivity contribution in [2.24, 2.45) is 0 Å². The van der Waals surface area contributed by atoms with Gasteiger partial charge in [0.2, 0.25) is 0 Å². The minimum Gasteiger partial charge on any atom is -0.339 e. The average Bonchev–Trinajstić information content (AvgIpc) is 3.01. The van der Waals surface area contributed by atoms with Crippen LogP contribution in [0.1, 0.15) is 25.2 Å². The van der Waals surface area contributed by atoms with Gasteiger partial charge in [-0.1, -0.05) is 43.7 Å². The largest absolute Gasteiger partial charge is 0.339 e. The molecule has 4 aromatic rings. The van der Waals surface area contributed by atoms with Crippen LogP contribution in [0.3, 0.4) is 0 Å². The van der Waals surface area contributed by atoms with Crippen molar-refractivity contribution in [3.63, 3.8) is 0 Å². The van der Waals surface area contributed by atoms with Gasteiger partial charge in [0.1, 0.15) is 5.82 Å². The molecule has 0 aliphatic heterocycles. The summed E-state index contributed by atoms with van der Waals surface area (Å²) < 4.78 is 2.02. The second-order valence-electron chi connectivity index (χ2n) is 5.74. The lowest BCUT2D eigenvalue weighted by Gasteiger charge is -2.09. The number of aryl methyl sites for hydroxylation is 2. The molecule has 0 saturated heterocycles. The molecule has 0 bridgehead atoms. The molecule has 0 saturated carbocycles. The number of nitrogens with one attached hydrogen (secondary N) is 1. The van der Waals surface area contributed by atoms with Crippen LogP contribution in [0.15, 0.2) is 60.9 Å². The Morgan fingerprint density at radius 1 is 0.846 bits per heavy atom. The summed E-state index contributed by atoms with van der Waals surface area (Å²) in [5, 5.41) is 3.29. The van der Waals surface area contributed by atoms with Crippen LogP contribution < -0.4 is 5.32 Å². The Morgan fingerprint density at radius 3 is 2.35 bits per heavy atom. The molecule has 0 aliphatic carbocycles. The van der Waals surface area contributed by atoms with Gasteiger partial charge in [-0.05, 0) is 38.1 Å². The molecule has 1 N–H and O–H groups in total. The van der Waals surface area contributed by atoms with Crippen molar-refractivity contribution < 1.29 is 0 Å². The molecule has 5 nitrogen and oxygen atoms in total. The fraction of sp³-hybridized carbons (Fsp3) is 0.190. The van der Waals surface area contributed by atoms with E-state index in [1.54, 1.807) is 12.4 Å². The first kappa shape index (κ1) is 17.6. The van der Waals surface area contributed by atoms with Crippen molar-refractivity contribution >= 4 is 22.5 Å². The number of nitrogens with zero attached hydrogens (tertiary/aromatic N) is 4. The lowest BCUT2D eigenvalue weighted by Crippen LogP contribution is -2.03. The highest BCUT2D eigenvalue weighted by molar-refractivity contribution is 5.77. The number of imidazole rings is 1. The number of aromatic nitrogens is 4. The van der Waals surface area contributed by atoms with Gasteiger partial charge in [-0.15, -0.1) is 0 Å². The predicted molar refractivity (Wildman–Crippen MR) is 107 cm³/mol. The summed E-state index contributed by atoms with van der Waals surface area (Å²) in [6.45, 7) is 8.04. The molecule has 0 aliphatic rings. The summed E-state index contributed by atoms with van der Waals surface area (Å²) in [6, 6.07) is 16.2. The van der Waals surface area contributed by atoms with E-state index < -0.39 is 0 Å². The van der Waals surface area contributed by atoms with Gasteiger partial charge in [0.25, 0.3) is 0 Å². The van der Waals surface area contributed by atoms with Crippen LogP contribution in [-0.4, -0.2) is 19.5 Å². The number of para-hydroxylation sites is 2. The van der Waals surface area contributed by atoms with Gasteiger partial charge in [-0.25, -0.2) is 9.97 Å². The number of hydrogen-bond donors (Lipinski definition) is 1. The number of benzene rings is 2. The zero-order chi connectivity index (χ0) is 18.5. The Balaban J connectivity index is 0.000000948. The molecular formula is C21H23N5. The molecule has 0 spiro atoms. The Bertz CT molecular complexity index is 1000. The maximum atomic E-state index is 4.69. The van der Waals surface area contributed by atoms with Gasteiger partial charge in [0.15, 0.2) is 11.6 Å². The third kappa shape index (κ3) is 3.57. The molecule has 0 fully saturated rings. The molecule has 0 amide bonds. The first-order valence-electron chi connectivity index (χ1n) is 8.81. The van der Waals surface area contributed by atoms with Crippen LogP contribution in [0.5, 0.6) is 0 Å². The van der Waals surface area contributed by atoms with Gasteiger partial charge in [-0.2, -0.15) is 0 Å². The SMILES string of the molecule is CC.Cc1ccc(Nc2cncc(-n3c(C)nc4ccccc43)n2)cc1. The van der Waals surface area contributed by atoms with Crippen LogP contribution in [0.25, 0.3) is 16.9 Å². The van der Waals surface area contributed by atoms with Crippen molar-refractivity contribution in [1.82, 2.24) is 19.5 Å². The zero-order valence-corrected chi connectivity index (χ0v) is 15.6. The van der Waals surface area contributed by atoms with E-state index in [9.17, 15) is 0 Å². The van der Waals surface area contributed by atoms with Crippen molar-refractivity contribution in [1.29, 1.82) is 0 Å². The summed E-state index contributed by atoms with van der Waals surface area (Å²) in [5.74, 6) is 2.34. The Kier molecular flexibility index (Phi) is 5.27. The van der Waals surface area contributed by atoms with E-state index in [0.29, 0.717) is 5.82 Å². The van der Waals surface area contributed by atoms with E-state index in [1.165, 1.54) is 5.56 Å². The van der Waals surface area contributed by atoms with E-state index in [1.807, 2.05) is 61.7 Å². The van der Waals surface area contributed by atoms with Gasteiger partial charge in [-0.3, -0.25) is 9.55 Å². The molecule has 0 unspecified atom stereocenters. The van der Waals surface area contributed by atoms with Crippen molar-refractivity contribution in [3.8, 4) is 5.82 Å².